The molecule has 0 aliphatic heterocycles. The van der Waals surface area contributed by atoms with Gasteiger partial charge >= 0.3 is 6.18 Å². The number of rotatable bonds is 7. The Morgan fingerprint density at radius 3 is 2.10 bits per heavy atom. The maximum Gasteiger partial charge on any atom is 0.416 e. The standard InChI is InChI=1S/C19H18F4N2O3S/c1-2-12-3-6-14(7-4-12)24-17(26)10-29(28)11-18(27)25-16-9-13(19(21,22)23)5-8-15(16)20/h3-9H,2,10-11H2,1H3,(H,24,26)(H,25,27)/t29-/m0/s1. The van der Waals surface area contributed by atoms with E-state index in [4.69, 9.17) is 0 Å². The average molecular weight is 430 g/mol. The Kier molecular flexibility index (Phi) is 7.49. The fourth-order valence-electron chi connectivity index (χ4n) is 2.35. The van der Waals surface area contributed by atoms with Gasteiger partial charge in [-0.3, -0.25) is 13.8 Å². The van der Waals surface area contributed by atoms with E-state index in [1.165, 1.54) is 0 Å². The minimum atomic E-state index is -4.70. The highest BCUT2D eigenvalue weighted by molar-refractivity contribution is 7.86. The van der Waals surface area contributed by atoms with Crippen LogP contribution in [-0.4, -0.2) is 27.5 Å². The van der Waals surface area contributed by atoms with Crippen LogP contribution in [0, 0.1) is 5.82 Å². The number of alkyl halides is 3. The van der Waals surface area contributed by atoms with Gasteiger partial charge in [0.1, 0.15) is 17.3 Å². The van der Waals surface area contributed by atoms with Crippen molar-refractivity contribution in [2.75, 3.05) is 22.1 Å². The van der Waals surface area contributed by atoms with Gasteiger partial charge in [0.15, 0.2) is 0 Å². The summed E-state index contributed by atoms with van der Waals surface area (Å²) in [7, 11) is -1.93. The molecule has 1 atom stereocenters. The van der Waals surface area contributed by atoms with Crippen LogP contribution >= 0.6 is 0 Å². The van der Waals surface area contributed by atoms with Crippen molar-refractivity contribution in [2.45, 2.75) is 19.5 Å². The molecule has 0 saturated heterocycles. The van der Waals surface area contributed by atoms with Gasteiger partial charge < -0.3 is 10.6 Å². The van der Waals surface area contributed by atoms with Crippen LogP contribution in [0.2, 0.25) is 0 Å². The van der Waals surface area contributed by atoms with E-state index in [0.717, 1.165) is 12.0 Å². The summed E-state index contributed by atoms with van der Waals surface area (Å²) < 4.78 is 63.7. The number of amides is 2. The Bertz CT molecular complexity index is 915. The van der Waals surface area contributed by atoms with Crippen molar-refractivity contribution in [2.24, 2.45) is 0 Å². The molecule has 156 valence electrons. The number of carbonyl (C=O) groups excluding carboxylic acids is 2. The first-order chi connectivity index (χ1) is 13.6. The Morgan fingerprint density at radius 1 is 0.966 bits per heavy atom. The Balaban J connectivity index is 1.90. The molecule has 0 fully saturated rings. The molecule has 2 N–H and O–H groups in total. The van der Waals surface area contributed by atoms with Gasteiger partial charge in [-0.05, 0) is 42.3 Å². The SMILES string of the molecule is CCc1ccc(NC(=O)C[S@](=O)CC(=O)Nc2cc(C(F)(F)F)ccc2F)cc1. The second-order valence-electron chi connectivity index (χ2n) is 6.07. The lowest BCUT2D eigenvalue weighted by Crippen LogP contribution is -2.26. The molecule has 10 heteroatoms. The molecule has 0 heterocycles. The zero-order valence-corrected chi connectivity index (χ0v) is 16.1. The van der Waals surface area contributed by atoms with Crippen molar-refractivity contribution in [3.8, 4) is 0 Å². The zero-order valence-electron chi connectivity index (χ0n) is 15.3. The van der Waals surface area contributed by atoms with Gasteiger partial charge in [-0.15, -0.1) is 0 Å². The number of benzene rings is 2. The number of nitrogens with one attached hydrogen (secondary N) is 2. The molecule has 0 aliphatic rings. The number of carbonyl (C=O) groups is 2. The molecule has 0 bridgehead atoms. The topological polar surface area (TPSA) is 75.3 Å². The second-order valence-corrected chi connectivity index (χ2v) is 7.52. The molecule has 2 aromatic carbocycles. The maximum absolute atomic E-state index is 13.6. The smallest absolute Gasteiger partial charge is 0.325 e. The van der Waals surface area contributed by atoms with E-state index in [2.05, 4.69) is 5.32 Å². The van der Waals surface area contributed by atoms with Crippen molar-refractivity contribution in [3.63, 3.8) is 0 Å². The van der Waals surface area contributed by atoms with Crippen molar-refractivity contribution in [1.82, 2.24) is 0 Å². The zero-order chi connectivity index (χ0) is 21.6. The van der Waals surface area contributed by atoms with E-state index < -0.39 is 57.4 Å². The summed E-state index contributed by atoms with van der Waals surface area (Å²) in [5, 5.41) is 4.48. The molecule has 5 nitrogen and oxygen atoms in total. The molecule has 0 radical (unpaired) electrons. The molecule has 2 amide bonds. The quantitative estimate of drug-likeness (QED) is 0.658. The first-order valence-corrected chi connectivity index (χ1v) is 9.97. The highest BCUT2D eigenvalue weighted by atomic mass is 32.2. The second kappa shape index (κ2) is 9.64. The predicted octanol–water partition coefficient (Wildman–Crippen LogP) is 3.73. The normalized spacial score (nSPS) is 12.3. The maximum atomic E-state index is 13.6. The highest BCUT2D eigenvalue weighted by Crippen LogP contribution is 2.31. The molecule has 0 saturated carbocycles. The number of hydrogen-bond acceptors (Lipinski definition) is 3. The summed E-state index contributed by atoms with van der Waals surface area (Å²) in [5.74, 6) is -3.79. The Morgan fingerprint density at radius 2 is 1.55 bits per heavy atom. The fraction of sp³-hybridized carbons (Fsp3) is 0.263. The van der Waals surface area contributed by atoms with E-state index in [1.54, 1.807) is 12.1 Å². The molecule has 0 unspecified atom stereocenters. The summed E-state index contributed by atoms with van der Waals surface area (Å²) in [5.41, 5.74) is -0.240. The number of aryl methyl sites for hydroxylation is 1. The minimum Gasteiger partial charge on any atom is -0.325 e. The first-order valence-electron chi connectivity index (χ1n) is 8.49. The van der Waals surface area contributed by atoms with Gasteiger partial charge in [0.05, 0.1) is 11.3 Å². The minimum absolute atomic E-state index is 0.447. The van der Waals surface area contributed by atoms with Crippen LogP contribution in [-0.2, 0) is 33.0 Å². The third kappa shape index (κ3) is 6.97. The molecule has 2 rings (SSSR count). The van der Waals surface area contributed by atoms with Crippen molar-refractivity contribution >= 4 is 34.0 Å². The summed E-state index contributed by atoms with van der Waals surface area (Å²) in [6.07, 6.45) is -3.87. The summed E-state index contributed by atoms with van der Waals surface area (Å²) in [6, 6.07) is 8.58. The lowest BCUT2D eigenvalue weighted by Gasteiger charge is -2.11. The molecule has 29 heavy (non-hydrogen) atoms. The van der Waals surface area contributed by atoms with Gasteiger partial charge in [-0.25, -0.2) is 4.39 Å². The monoisotopic (exact) mass is 430 g/mol. The van der Waals surface area contributed by atoms with Crippen molar-refractivity contribution in [1.29, 1.82) is 0 Å². The van der Waals surface area contributed by atoms with Crippen molar-refractivity contribution in [3.05, 3.63) is 59.4 Å². The van der Waals surface area contributed by atoms with Crippen LogP contribution in [0.4, 0.5) is 28.9 Å². The van der Waals surface area contributed by atoms with Gasteiger partial charge in [0, 0.05) is 16.5 Å². The first kappa shape index (κ1) is 22.5. The Hall–Kier alpha value is -2.75. The van der Waals surface area contributed by atoms with E-state index in [0.29, 0.717) is 23.9 Å². The summed E-state index contributed by atoms with van der Waals surface area (Å²) in [4.78, 5) is 23.8. The molecule has 0 spiro atoms. The summed E-state index contributed by atoms with van der Waals surface area (Å²) >= 11 is 0. The van der Waals surface area contributed by atoms with Crippen LogP contribution in [0.3, 0.4) is 0 Å². The Labute approximate surface area is 167 Å². The number of halogens is 4. The largest absolute Gasteiger partial charge is 0.416 e. The van der Waals surface area contributed by atoms with Gasteiger partial charge in [0.2, 0.25) is 11.8 Å². The lowest BCUT2D eigenvalue weighted by molar-refractivity contribution is -0.137. The molecule has 0 aliphatic carbocycles. The van der Waals surface area contributed by atoms with E-state index >= 15 is 0 Å². The van der Waals surface area contributed by atoms with Crippen LogP contribution in [0.15, 0.2) is 42.5 Å². The van der Waals surface area contributed by atoms with Crippen LogP contribution < -0.4 is 10.6 Å². The molecular weight excluding hydrogens is 412 g/mol. The van der Waals surface area contributed by atoms with Crippen molar-refractivity contribution < 1.29 is 31.4 Å². The number of anilines is 2. The van der Waals surface area contributed by atoms with Gasteiger partial charge in [-0.2, -0.15) is 13.2 Å². The van der Waals surface area contributed by atoms with E-state index in [-0.39, 0.29) is 0 Å². The average Bonchev–Trinajstić information content (AvgIpc) is 2.62. The molecule has 2 aromatic rings. The highest BCUT2D eigenvalue weighted by Gasteiger charge is 2.31. The lowest BCUT2D eigenvalue weighted by atomic mass is 10.1. The van der Waals surface area contributed by atoms with E-state index in [9.17, 15) is 31.4 Å². The van der Waals surface area contributed by atoms with Crippen LogP contribution in [0.25, 0.3) is 0 Å². The van der Waals surface area contributed by atoms with Crippen LogP contribution in [0.1, 0.15) is 18.1 Å². The third-order valence-corrected chi connectivity index (χ3v) is 4.97. The molecule has 0 aromatic heterocycles. The van der Waals surface area contributed by atoms with E-state index in [1.807, 2.05) is 24.4 Å². The summed E-state index contributed by atoms with van der Waals surface area (Å²) in [6.45, 7) is 1.98. The fourth-order valence-corrected chi connectivity index (χ4v) is 3.18. The predicted molar refractivity (Wildman–Crippen MR) is 102 cm³/mol. The third-order valence-electron chi connectivity index (χ3n) is 3.80. The van der Waals surface area contributed by atoms with Gasteiger partial charge in [-0.1, -0.05) is 19.1 Å². The van der Waals surface area contributed by atoms with Gasteiger partial charge in [0.25, 0.3) is 0 Å². The molecular formula is C19H18F4N2O3S. The number of hydrogen-bond donors (Lipinski definition) is 2. The van der Waals surface area contributed by atoms with Crippen LogP contribution in [0.5, 0.6) is 0 Å².